The number of fused-ring (bicyclic) bond motifs is 1. The Balaban J connectivity index is 1.90. The first kappa shape index (κ1) is 15.0. The molecule has 23 heavy (non-hydrogen) atoms. The maximum Gasteiger partial charge on any atom is 0.336 e. The summed E-state index contributed by atoms with van der Waals surface area (Å²) in [5.41, 5.74) is 1.57. The van der Waals surface area contributed by atoms with Crippen LogP contribution < -0.4 is 10.9 Å². The van der Waals surface area contributed by atoms with Crippen LogP contribution in [0.2, 0.25) is 0 Å². The molecule has 0 saturated carbocycles. The molecule has 3 aromatic rings. The zero-order valence-electron chi connectivity index (χ0n) is 12.4. The second kappa shape index (κ2) is 6.04. The van der Waals surface area contributed by atoms with Crippen molar-refractivity contribution in [1.29, 1.82) is 0 Å². The van der Waals surface area contributed by atoms with Crippen molar-refractivity contribution in [2.45, 2.75) is 13.5 Å². The van der Waals surface area contributed by atoms with E-state index in [0.29, 0.717) is 11.1 Å². The Hall–Kier alpha value is -2.95. The van der Waals surface area contributed by atoms with E-state index in [4.69, 9.17) is 4.42 Å². The Morgan fingerprint density at radius 1 is 1.17 bits per heavy atom. The third kappa shape index (κ3) is 3.13. The zero-order chi connectivity index (χ0) is 16.4. The topological polar surface area (TPSA) is 59.3 Å². The van der Waals surface area contributed by atoms with Gasteiger partial charge in [0.1, 0.15) is 11.4 Å². The minimum Gasteiger partial charge on any atom is -0.423 e. The highest BCUT2D eigenvalue weighted by atomic mass is 19.1. The Morgan fingerprint density at radius 3 is 2.74 bits per heavy atom. The molecule has 0 spiro atoms. The molecule has 1 amide bonds. The lowest BCUT2D eigenvalue weighted by molar-refractivity contribution is 0.0947. The maximum absolute atomic E-state index is 13.6. The first-order valence-corrected chi connectivity index (χ1v) is 7.11. The number of halogens is 1. The van der Waals surface area contributed by atoms with Crippen molar-refractivity contribution in [3.63, 3.8) is 0 Å². The van der Waals surface area contributed by atoms with Gasteiger partial charge in [0.2, 0.25) is 0 Å². The number of hydrogen-bond acceptors (Lipinski definition) is 3. The zero-order valence-corrected chi connectivity index (χ0v) is 12.4. The molecule has 4 nitrogen and oxygen atoms in total. The van der Waals surface area contributed by atoms with Gasteiger partial charge in [-0.05, 0) is 36.8 Å². The second-order valence-corrected chi connectivity index (χ2v) is 5.25. The van der Waals surface area contributed by atoms with Gasteiger partial charge in [0.25, 0.3) is 5.91 Å². The van der Waals surface area contributed by atoms with Gasteiger partial charge in [-0.1, -0.05) is 23.8 Å². The summed E-state index contributed by atoms with van der Waals surface area (Å²) in [4.78, 5) is 23.7. The van der Waals surface area contributed by atoms with Crippen molar-refractivity contribution in [2.75, 3.05) is 0 Å². The van der Waals surface area contributed by atoms with Crippen LogP contribution in [0, 0.1) is 12.7 Å². The monoisotopic (exact) mass is 311 g/mol. The molecule has 0 saturated heterocycles. The number of rotatable bonds is 3. The summed E-state index contributed by atoms with van der Waals surface area (Å²) in [6.07, 6.45) is 0. The number of hydrogen-bond donors (Lipinski definition) is 1. The Morgan fingerprint density at radius 2 is 1.96 bits per heavy atom. The number of amides is 1. The molecule has 0 bridgehead atoms. The summed E-state index contributed by atoms with van der Waals surface area (Å²) in [6.45, 7) is 2.03. The Bertz CT molecular complexity index is 946. The lowest BCUT2D eigenvalue weighted by Crippen LogP contribution is -2.24. The maximum atomic E-state index is 13.6. The molecular formula is C18H14FNO3. The molecule has 2 aromatic carbocycles. The normalized spacial score (nSPS) is 10.7. The van der Waals surface area contributed by atoms with E-state index in [1.165, 1.54) is 24.3 Å². The Kier molecular flexibility index (Phi) is 3.93. The molecule has 0 aliphatic rings. The molecule has 0 aliphatic carbocycles. The van der Waals surface area contributed by atoms with Crippen LogP contribution in [0.4, 0.5) is 4.39 Å². The van der Waals surface area contributed by atoms with Crippen LogP contribution in [0.15, 0.2) is 57.7 Å². The van der Waals surface area contributed by atoms with Gasteiger partial charge >= 0.3 is 5.63 Å². The van der Waals surface area contributed by atoms with Crippen molar-refractivity contribution < 1.29 is 13.6 Å². The fourth-order valence-corrected chi connectivity index (χ4v) is 2.40. The van der Waals surface area contributed by atoms with Crippen LogP contribution in [-0.2, 0) is 6.54 Å². The third-order valence-electron chi connectivity index (χ3n) is 3.54. The van der Waals surface area contributed by atoms with Crippen molar-refractivity contribution in [2.24, 2.45) is 0 Å². The molecule has 1 aromatic heterocycles. The molecular weight excluding hydrogens is 297 g/mol. The first-order valence-electron chi connectivity index (χ1n) is 7.11. The molecule has 0 fully saturated rings. The summed E-state index contributed by atoms with van der Waals surface area (Å²) in [5, 5.41) is 3.38. The summed E-state index contributed by atoms with van der Waals surface area (Å²) in [5.74, 6) is -1.12. The lowest BCUT2D eigenvalue weighted by atomic mass is 10.1. The number of aryl methyl sites for hydroxylation is 1. The van der Waals surface area contributed by atoms with Gasteiger partial charge in [0.05, 0.1) is 5.56 Å². The molecule has 5 heteroatoms. The van der Waals surface area contributed by atoms with Gasteiger partial charge in [-0.25, -0.2) is 9.18 Å². The van der Waals surface area contributed by atoms with Gasteiger partial charge in [-0.15, -0.1) is 0 Å². The minimum absolute atomic E-state index is 0.0315. The number of benzene rings is 2. The van der Waals surface area contributed by atoms with E-state index in [2.05, 4.69) is 5.32 Å². The minimum atomic E-state index is -0.585. The molecule has 1 heterocycles. The number of carbonyl (C=O) groups excluding carboxylic acids is 1. The number of carbonyl (C=O) groups is 1. The summed E-state index contributed by atoms with van der Waals surface area (Å²) < 4.78 is 18.7. The van der Waals surface area contributed by atoms with Gasteiger partial charge in [-0.3, -0.25) is 4.79 Å². The van der Waals surface area contributed by atoms with E-state index in [1.54, 1.807) is 12.1 Å². The summed E-state index contributed by atoms with van der Waals surface area (Å²) in [7, 11) is 0. The predicted molar refractivity (Wildman–Crippen MR) is 84.8 cm³/mol. The van der Waals surface area contributed by atoms with E-state index in [0.717, 1.165) is 10.9 Å². The molecule has 0 unspecified atom stereocenters. The van der Waals surface area contributed by atoms with Crippen LogP contribution in [0.1, 0.15) is 21.5 Å². The van der Waals surface area contributed by atoms with Crippen molar-refractivity contribution in [3.05, 3.63) is 81.5 Å². The van der Waals surface area contributed by atoms with Crippen molar-refractivity contribution in [1.82, 2.24) is 5.32 Å². The second-order valence-electron chi connectivity index (χ2n) is 5.25. The average Bonchev–Trinajstić information content (AvgIpc) is 2.53. The molecule has 116 valence electrons. The molecule has 0 atom stereocenters. The van der Waals surface area contributed by atoms with Crippen molar-refractivity contribution >= 4 is 16.9 Å². The molecule has 1 N–H and O–H groups in total. The first-order chi connectivity index (χ1) is 11.0. The standard InChI is InChI=1S/C18H14FNO3/c1-11-6-7-16-14(8-11)12(9-17(21)23-16)10-20-18(22)13-4-2-3-5-15(13)19/h2-9H,10H2,1H3,(H,20,22). The smallest absolute Gasteiger partial charge is 0.336 e. The predicted octanol–water partition coefficient (Wildman–Crippen LogP) is 3.17. The van der Waals surface area contributed by atoms with Crippen LogP contribution in [0.25, 0.3) is 11.0 Å². The molecule has 0 radical (unpaired) electrons. The van der Waals surface area contributed by atoms with Crippen LogP contribution in [-0.4, -0.2) is 5.91 Å². The van der Waals surface area contributed by atoms with E-state index in [1.807, 2.05) is 19.1 Å². The highest BCUT2D eigenvalue weighted by Gasteiger charge is 2.12. The average molecular weight is 311 g/mol. The lowest BCUT2D eigenvalue weighted by Gasteiger charge is -2.08. The highest BCUT2D eigenvalue weighted by Crippen LogP contribution is 2.18. The summed E-state index contributed by atoms with van der Waals surface area (Å²) >= 11 is 0. The van der Waals surface area contributed by atoms with E-state index < -0.39 is 17.3 Å². The van der Waals surface area contributed by atoms with E-state index in [-0.39, 0.29) is 12.1 Å². The Labute approximate surface area is 131 Å². The molecule has 0 aliphatic heterocycles. The van der Waals surface area contributed by atoms with Crippen molar-refractivity contribution in [3.8, 4) is 0 Å². The van der Waals surface area contributed by atoms with E-state index >= 15 is 0 Å². The largest absolute Gasteiger partial charge is 0.423 e. The van der Waals surface area contributed by atoms with Crippen LogP contribution in [0.5, 0.6) is 0 Å². The molecule has 3 rings (SSSR count). The van der Waals surface area contributed by atoms with Gasteiger partial charge < -0.3 is 9.73 Å². The van der Waals surface area contributed by atoms with Gasteiger partial charge in [-0.2, -0.15) is 0 Å². The quantitative estimate of drug-likeness (QED) is 0.756. The van der Waals surface area contributed by atoms with Crippen LogP contribution in [0.3, 0.4) is 0 Å². The van der Waals surface area contributed by atoms with Gasteiger partial charge in [0, 0.05) is 18.0 Å². The fourth-order valence-electron chi connectivity index (χ4n) is 2.40. The summed E-state index contributed by atoms with van der Waals surface area (Å²) in [6, 6.07) is 12.5. The van der Waals surface area contributed by atoms with E-state index in [9.17, 15) is 14.0 Å². The highest BCUT2D eigenvalue weighted by molar-refractivity contribution is 5.94. The number of nitrogens with one attached hydrogen (secondary N) is 1. The fraction of sp³-hybridized carbons (Fsp3) is 0.111. The third-order valence-corrected chi connectivity index (χ3v) is 3.54. The SMILES string of the molecule is Cc1ccc2oc(=O)cc(CNC(=O)c3ccccc3F)c2c1. The van der Waals surface area contributed by atoms with Crippen LogP contribution >= 0.6 is 0 Å². The van der Waals surface area contributed by atoms with Gasteiger partial charge in [0.15, 0.2) is 0 Å².